The van der Waals surface area contributed by atoms with Gasteiger partial charge in [-0.2, -0.15) is 4.37 Å². The molecule has 2 atom stereocenters. The van der Waals surface area contributed by atoms with Gasteiger partial charge in [0.05, 0.1) is 12.5 Å². The Hall–Kier alpha value is -3.27. The third kappa shape index (κ3) is 4.96. The fourth-order valence-corrected chi connectivity index (χ4v) is 3.27. The zero-order valence-electron chi connectivity index (χ0n) is 15.2. The van der Waals surface area contributed by atoms with Crippen LogP contribution in [-0.4, -0.2) is 28.6 Å². The van der Waals surface area contributed by atoms with Crippen molar-refractivity contribution in [3.63, 3.8) is 0 Å². The van der Waals surface area contributed by atoms with Crippen LogP contribution in [0.2, 0.25) is 0 Å². The average Bonchev–Trinajstić information content (AvgIpc) is 3.06. The summed E-state index contributed by atoms with van der Waals surface area (Å²) >= 11 is 0.745. The molecule has 152 valence electrons. The highest BCUT2D eigenvalue weighted by atomic mass is 32.1. The van der Waals surface area contributed by atoms with Gasteiger partial charge < -0.3 is 15.2 Å². The molecule has 1 aliphatic rings. The van der Waals surface area contributed by atoms with E-state index in [0.29, 0.717) is 5.75 Å². The number of nitrogens with two attached hydrogens (primary N) is 1. The number of ether oxygens (including phenoxy) is 2. The van der Waals surface area contributed by atoms with Gasteiger partial charge in [-0.3, -0.25) is 10.1 Å². The van der Waals surface area contributed by atoms with Gasteiger partial charge in [0, 0.05) is 0 Å². The topological polar surface area (TPSA) is 104 Å². The number of alkyl halides is 1. The molecule has 0 fully saturated rings. The van der Waals surface area contributed by atoms with Crippen molar-refractivity contribution in [3.8, 4) is 11.6 Å². The van der Waals surface area contributed by atoms with E-state index in [1.54, 1.807) is 30.3 Å². The SMILES string of the molecule is CC1(F)C=CC(F)=CC1COc1nsc(NC(=O)Oc2ccccc2)c1C(N)=O. The van der Waals surface area contributed by atoms with Crippen molar-refractivity contribution < 1.29 is 27.8 Å². The van der Waals surface area contributed by atoms with Crippen LogP contribution in [-0.2, 0) is 0 Å². The van der Waals surface area contributed by atoms with Crippen LogP contribution in [0.15, 0.2) is 54.4 Å². The predicted octanol–water partition coefficient (Wildman–Crippen LogP) is 4.00. The van der Waals surface area contributed by atoms with E-state index < -0.39 is 29.4 Å². The Kier molecular flexibility index (Phi) is 5.92. The van der Waals surface area contributed by atoms with Crippen LogP contribution in [0.4, 0.5) is 18.6 Å². The van der Waals surface area contributed by atoms with Gasteiger partial charge in [0.2, 0.25) is 5.88 Å². The van der Waals surface area contributed by atoms with Gasteiger partial charge in [-0.05, 0) is 48.8 Å². The fourth-order valence-electron chi connectivity index (χ4n) is 2.55. The first-order valence-electron chi connectivity index (χ1n) is 8.48. The lowest BCUT2D eigenvalue weighted by Gasteiger charge is -2.27. The van der Waals surface area contributed by atoms with Crippen LogP contribution in [0.25, 0.3) is 0 Å². The number of primary amides is 1. The van der Waals surface area contributed by atoms with Crippen LogP contribution in [0, 0.1) is 5.92 Å². The first kappa shape index (κ1) is 20.5. The van der Waals surface area contributed by atoms with Gasteiger partial charge in [0.15, 0.2) is 0 Å². The molecule has 0 saturated carbocycles. The highest BCUT2D eigenvalue weighted by Gasteiger charge is 2.34. The van der Waals surface area contributed by atoms with Crippen LogP contribution in [0.5, 0.6) is 11.6 Å². The van der Waals surface area contributed by atoms with Crippen molar-refractivity contribution in [1.29, 1.82) is 0 Å². The summed E-state index contributed by atoms with van der Waals surface area (Å²) in [5.41, 5.74) is 3.35. The number of carbonyl (C=O) groups is 2. The van der Waals surface area contributed by atoms with Crippen molar-refractivity contribution in [2.75, 3.05) is 11.9 Å². The molecule has 0 spiro atoms. The van der Waals surface area contributed by atoms with E-state index in [0.717, 1.165) is 29.8 Å². The quantitative estimate of drug-likeness (QED) is 0.734. The van der Waals surface area contributed by atoms with Gasteiger partial charge in [-0.1, -0.05) is 18.2 Å². The number of hydrogen-bond acceptors (Lipinski definition) is 6. The van der Waals surface area contributed by atoms with Gasteiger partial charge in [0.1, 0.15) is 27.8 Å². The summed E-state index contributed by atoms with van der Waals surface area (Å²) in [5.74, 6) is -2.32. The Labute approximate surface area is 169 Å². The summed E-state index contributed by atoms with van der Waals surface area (Å²) in [7, 11) is 0. The summed E-state index contributed by atoms with van der Waals surface area (Å²) in [6.45, 7) is 0.992. The van der Waals surface area contributed by atoms with E-state index in [1.165, 1.54) is 6.92 Å². The maximum Gasteiger partial charge on any atom is 0.417 e. The van der Waals surface area contributed by atoms with E-state index in [1.807, 2.05) is 0 Å². The highest BCUT2D eigenvalue weighted by molar-refractivity contribution is 7.11. The lowest BCUT2D eigenvalue weighted by Crippen LogP contribution is -2.33. The van der Waals surface area contributed by atoms with E-state index in [9.17, 15) is 18.4 Å². The molecule has 2 unspecified atom stereocenters. The van der Waals surface area contributed by atoms with Crippen LogP contribution < -0.4 is 20.5 Å². The van der Waals surface area contributed by atoms with Crippen molar-refractivity contribution in [3.05, 3.63) is 60.0 Å². The smallest absolute Gasteiger partial charge is 0.417 e. The molecule has 0 aliphatic heterocycles. The molecule has 1 aromatic heterocycles. The zero-order chi connectivity index (χ0) is 21.0. The highest BCUT2D eigenvalue weighted by Crippen LogP contribution is 2.34. The number of nitrogens with one attached hydrogen (secondary N) is 1. The molecule has 0 radical (unpaired) electrons. The minimum Gasteiger partial charge on any atom is -0.476 e. The average molecular weight is 421 g/mol. The number of amides is 2. The zero-order valence-corrected chi connectivity index (χ0v) is 16.0. The molecule has 1 heterocycles. The Morgan fingerprint density at radius 1 is 1.34 bits per heavy atom. The van der Waals surface area contributed by atoms with Gasteiger partial charge in [-0.15, -0.1) is 0 Å². The van der Waals surface area contributed by atoms with Crippen LogP contribution >= 0.6 is 11.5 Å². The van der Waals surface area contributed by atoms with E-state index in [4.69, 9.17) is 15.2 Å². The number of anilines is 1. The molecule has 3 N–H and O–H groups in total. The minimum absolute atomic E-state index is 0.0155. The summed E-state index contributed by atoms with van der Waals surface area (Å²) in [6.07, 6.45) is 2.37. The minimum atomic E-state index is -1.83. The number of rotatable bonds is 6. The molecule has 7 nitrogen and oxygen atoms in total. The van der Waals surface area contributed by atoms with Gasteiger partial charge in [0.25, 0.3) is 5.91 Å². The molecular weight excluding hydrogens is 404 g/mol. The number of halogens is 2. The van der Waals surface area contributed by atoms with Crippen LogP contribution in [0.3, 0.4) is 0 Å². The molecule has 2 aromatic rings. The first-order chi connectivity index (χ1) is 13.8. The molecule has 10 heteroatoms. The molecule has 0 saturated heterocycles. The molecule has 2 amide bonds. The monoisotopic (exact) mass is 421 g/mol. The number of para-hydroxylation sites is 1. The van der Waals surface area contributed by atoms with Crippen molar-refractivity contribution >= 4 is 28.5 Å². The molecular formula is C19H17F2N3O4S. The van der Waals surface area contributed by atoms with E-state index in [2.05, 4.69) is 9.69 Å². The lowest BCUT2D eigenvalue weighted by molar-refractivity contribution is 0.0991. The number of aromatic nitrogens is 1. The fraction of sp³-hybridized carbons (Fsp3) is 0.211. The van der Waals surface area contributed by atoms with Gasteiger partial charge in [-0.25, -0.2) is 13.6 Å². The standard InChI is InChI=1S/C19H17F2N3O4S/c1-19(21)8-7-12(20)9-11(19)10-27-16-14(15(22)25)17(29-24-16)23-18(26)28-13-5-3-2-4-6-13/h2-9,11H,10H2,1H3,(H2,22,25)(H,23,26). The largest absolute Gasteiger partial charge is 0.476 e. The van der Waals surface area contributed by atoms with Crippen molar-refractivity contribution in [1.82, 2.24) is 4.37 Å². The number of hydrogen-bond donors (Lipinski definition) is 2. The normalized spacial score (nSPS) is 20.7. The van der Waals surface area contributed by atoms with Gasteiger partial charge >= 0.3 is 6.09 Å². The second-order valence-corrected chi connectivity index (χ2v) is 7.11. The molecule has 1 aliphatic carbocycles. The number of carbonyl (C=O) groups excluding carboxylic acids is 2. The number of benzene rings is 1. The Bertz CT molecular complexity index is 973. The summed E-state index contributed by atoms with van der Waals surface area (Å²) in [6, 6.07) is 8.29. The maximum atomic E-state index is 14.5. The van der Waals surface area contributed by atoms with Crippen molar-refractivity contribution in [2.24, 2.45) is 11.7 Å². The summed E-state index contributed by atoms with van der Waals surface area (Å²) < 4.78 is 42.4. The predicted molar refractivity (Wildman–Crippen MR) is 104 cm³/mol. The van der Waals surface area contributed by atoms with Crippen LogP contribution in [0.1, 0.15) is 17.3 Å². The maximum absolute atomic E-state index is 14.5. The third-order valence-electron chi connectivity index (χ3n) is 4.13. The number of nitrogens with zero attached hydrogens (tertiary/aromatic N) is 1. The Morgan fingerprint density at radius 3 is 2.76 bits per heavy atom. The lowest BCUT2D eigenvalue weighted by atomic mass is 9.87. The molecule has 1 aromatic carbocycles. The van der Waals surface area contributed by atoms with Crippen molar-refractivity contribution in [2.45, 2.75) is 12.6 Å². The Morgan fingerprint density at radius 2 is 2.07 bits per heavy atom. The molecule has 29 heavy (non-hydrogen) atoms. The first-order valence-corrected chi connectivity index (χ1v) is 9.25. The van der Waals surface area contributed by atoms with E-state index >= 15 is 0 Å². The summed E-state index contributed by atoms with van der Waals surface area (Å²) in [5, 5.41) is 2.39. The number of allylic oxidation sites excluding steroid dienone is 3. The second-order valence-electron chi connectivity index (χ2n) is 6.34. The molecule has 0 bridgehead atoms. The Balaban J connectivity index is 1.71. The third-order valence-corrected chi connectivity index (χ3v) is 4.88. The second kappa shape index (κ2) is 8.39. The molecule has 3 rings (SSSR count). The summed E-state index contributed by atoms with van der Waals surface area (Å²) in [4.78, 5) is 23.9. The van der Waals surface area contributed by atoms with E-state index in [-0.39, 0.29) is 23.1 Å².